The van der Waals surface area contributed by atoms with Crippen LogP contribution >= 0.6 is 0 Å². The molecule has 0 aromatic heterocycles. The van der Waals surface area contributed by atoms with Gasteiger partial charge >= 0.3 is 0 Å². The van der Waals surface area contributed by atoms with Gasteiger partial charge in [-0.25, -0.2) is 8.78 Å². The van der Waals surface area contributed by atoms with Crippen molar-refractivity contribution in [3.63, 3.8) is 0 Å². The van der Waals surface area contributed by atoms with Gasteiger partial charge in [0.25, 0.3) is 0 Å². The maximum Gasteiger partial charge on any atom is 0.165 e. The fraction of sp³-hybridized carbons (Fsp3) is 0.174. The van der Waals surface area contributed by atoms with Crippen molar-refractivity contribution < 1.29 is 23.0 Å². The summed E-state index contributed by atoms with van der Waals surface area (Å²) in [5, 5.41) is 3.27. The molecule has 3 rings (SSSR count). The van der Waals surface area contributed by atoms with Crippen molar-refractivity contribution in [3.05, 3.63) is 89.5 Å². The minimum Gasteiger partial charge on any atom is -0.493 e. The summed E-state index contributed by atoms with van der Waals surface area (Å²) in [7, 11) is 3.08. The number of rotatable bonds is 8. The summed E-state index contributed by atoms with van der Waals surface area (Å²) in [6, 6.07) is 16.3. The van der Waals surface area contributed by atoms with Gasteiger partial charge in [-0.1, -0.05) is 6.07 Å². The quantitative estimate of drug-likeness (QED) is 0.517. The molecule has 0 heterocycles. The van der Waals surface area contributed by atoms with E-state index in [-0.39, 0.29) is 18.0 Å². The van der Waals surface area contributed by atoms with E-state index in [1.807, 2.05) is 6.07 Å². The minimum absolute atomic E-state index is 0.110. The van der Waals surface area contributed by atoms with Crippen LogP contribution in [0.5, 0.6) is 11.5 Å². The van der Waals surface area contributed by atoms with Crippen LogP contribution in [-0.4, -0.2) is 20.0 Å². The first-order valence-corrected chi connectivity index (χ1v) is 9.03. The van der Waals surface area contributed by atoms with Gasteiger partial charge in [0.2, 0.25) is 0 Å². The van der Waals surface area contributed by atoms with Crippen molar-refractivity contribution >= 4 is 11.5 Å². The van der Waals surface area contributed by atoms with Crippen LogP contribution in [0, 0.1) is 11.6 Å². The van der Waals surface area contributed by atoms with Crippen molar-refractivity contribution in [3.8, 4) is 11.5 Å². The number of ether oxygens (including phenoxy) is 2. The first-order valence-electron chi connectivity index (χ1n) is 9.03. The molecule has 1 N–H and O–H groups in total. The SMILES string of the molecule is COc1ccc(C(CC(=O)c2ccc(F)cc2)Nc2ccc(F)cc2)cc1OC. The van der Waals surface area contributed by atoms with Gasteiger partial charge in [0.05, 0.1) is 20.3 Å². The Bertz CT molecular complexity index is 972. The van der Waals surface area contributed by atoms with Gasteiger partial charge in [0.15, 0.2) is 17.3 Å². The molecular formula is C23H21F2NO3. The fourth-order valence-electron chi connectivity index (χ4n) is 3.01. The maximum atomic E-state index is 13.3. The lowest BCUT2D eigenvalue weighted by Crippen LogP contribution is -2.16. The summed E-state index contributed by atoms with van der Waals surface area (Å²) in [4.78, 5) is 12.8. The second-order valence-corrected chi connectivity index (χ2v) is 6.45. The highest BCUT2D eigenvalue weighted by molar-refractivity contribution is 5.96. The maximum absolute atomic E-state index is 13.3. The lowest BCUT2D eigenvalue weighted by atomic mass is 9.97. The van der Waals surface area contributed by atoms with Crippen LogP contribution in [0.3, 0.4) is 0 Å². The number of halogens is 2. The highest BCUT2D eigenvalue weighted by atomic mass is 19.1. The van der Waals surface area contributed by atoms with E-state index in [1.165, 1.54) is 43.5 Å². The second kappa shape index (κ2) is 9.19. The van der Waals surface area contributed by atoms with Crippen LogP contribution in [0.1, 0.15) is 28.4 Å². The van der Waals surface area contributed by atoms with Crippen LogP contribution in [0.15, 0.2) is 66.7 Å². The standard InChI is InChI=1S/C23H21F2NO3/c1-28-22-12-5-16(13-23(22)29-2)20(26-19-10-8-18(25)9-11-19)14-21(27)15-3-6-17(24)7-4-15/h3-13,20,26H,14H2,1-2H3. The number of nitrogens with one attached hydrogen (secondary N) is 1. The number of carbonyl (C=O) groups excluding carboxylic acids is 1. The molecule has 0 aliphatic rings. The molecule has 1 atom stereocenters. The van der Waals surface area contributed by atoms with Crippen molar-refractivity contribution in [2.24, 2.45) is 0 Å². The summed E-state index contributed by atoms with van der Waals surface area (Å²) in [5.74, 6) is 0.203. The minimum atomic E-state index is -0.419. The van der Waals surface area contributed by atoms with E-state index in [4.69, 9.17) is 9.47 Å². The molecule has 29 heavy (non-hydrogen) atoms. The number of anilines is 1. The third-order valence-corrected chi connectivity index (χ3v) is 4.55. The number of benzene rings is 3. The predicted octanol–water partition coefficient (Wildman–Crippen LogP) is 5.41. The smallest absolute Gasteiger partial charge is 0.165 e. The van der Waals surface area contributed by atoms with Crippen LogP contribution in [0.25, 0.3) is 0 Å². The normalized spacial score (nSPS) is 11.6. The molecule has 3 aromatic rings. The third kappa shape index (κ3) is 5.10. The predicted molar refractivity (Wildman–Crippen MR) is 108 cm³/mol. The van der Waals surface area contributed by atoms with E-state index in [1.54, 1.807) is 31.4 Å². The van der Waals surface area contributed by atoms with Gasteiger partial charge in [0, 0.05) is 17.7 Å². The van der Waals surface area contributed by atoms with Crippen molar-refractivity contribution in [1.82, 2.24) is 0 Å². The van der Waals surface area contributed by atoms with Gasteiger partial charge < -0.3 is 14.8 Å². The zero-order valence-electron chi connectivity index (χ0n) is 16.1. The average Bonchev–Trinajstić information content (AvgIpc) is 2.74. The Morgan fingerprint density at radius 3 is 2.03 bits per heavy atom. The van der Waals surface area contributed by atoms with Gasteiger partial charge in [-0.05, 0) is 66.2 Å². The van der Waals surface area contributed by atoms with E-state index in [9.17, 15) is 13.6 Å². The van der Waals surface area contributed by atoms with Crippen LogP contribution in [-0.2, 0) is 0 Å². The molecule has 0 fully saturated rings. The highest BCUT2D eigenvalue weighted by Gasteiger charge is 2.19. The molecule has 0 saturated heterocycles. The van der Waals surface area contributed by atoms with E-state index >= 15 is 0 Å². The molecule has 0 aliphatic carbocycles. The topological polar surface area (TPSA) is 47.6 Å². The Morgan fingerprint density at radius 2 is 1.45 bits per heavy atom. The summed E-state index contributed by atoms with van der Waals surface area (Å²) < 4.78 is 37.1. The Hall–Kier alpha value is -3.41. The van der Waals surface area contributed by atoms with Crippen molar-refractivity contribution in [1.29, 1.82) is 0 Å². The molecule has 3 aromatic carbocycles. The third-order valence-electron chi connectivity index (χ3n) is 4.55. The molecule has 0 amide bonds. The lowest BCUT2D eigenvalue weighted by molar-refractivity contribution is 0.0976. The first kappa shape index (κ1) is 20.3. The summed E-state index contributed by atoms with van der Waals surface area (Å²) in [6.45, 7) is 0. The van der Waals surface area contributed by atoms with E-state index in [2.05, 4.69) is 5.32 Å². The van der Waals surface area contributed by atoms with E-state index < -0.39 is 11.9 Å². The molecule has 0 aliphatic heterocycles. The Balaban J connectivity index is 1.91. The molecule has 150 valence electrons. The molecule has 4 nitrogen and oxygen atoms in total. The molecular weight excluding hydrogens is 376 g/mol. The van der Waals surface area contributed by atoms with Gasteiger partial charge in [-0.3, -0.25) is 4.79 Å². The van der Waals surface area contributed by atoms with E-state index in [0.29, 0.717) is 22.7 Å². The van der Waals surface area contributed by atoms with Gasteiger partial charge in [0.1, 0.15) is 11.6 Å². The summed E-state index contributed by atoms with van der Waals surface area (Å²) >= 11 is 0. The number of ketones is 1. The first-order chi connectivity index (χ1) is 14.0. The van der Waals surface area contributed by atoms with Crippen LogP contribution in [0.2, 0.25) is 0 Å². The lowest BCUT2D eigenvalue weighted by Gasteiger charge is -2.21. The highest BCUT2D eigenvalue weighted by Crippen LogP contribution is 2.33. The number of methoxy groups -OCH3 is 2. The number of Topliss-reactive ketones (excluding diaryl/α,β-unsaturated/α-hetero) is 1. The van der Waals surface area contributed by atoms with Crippen molar-refractivity contribution in [2.45, 2.75) is 12.5 Å². The molecule has 0 saturated carbocycles. The largest absolute Gasteiger partial charge is 0.493 e. The zero-order valence-corrected chi connectivity index (χ0v) is 16.1. The molecule has 0 bridgehead atoms. The molecule has 1 unspecified atom stereocenters. The van der Waals surface area contributed by atoms with Crippen LogP contribution < -0.4 is 14.8 Å². The van der Waals surface area contributed by atoms with Crippen LogP contribution in [0.4, 0.5) is 14.5 Å². The van der Waals surface area contributed by atoms with Gasteiger partial charge in [-0.2, -0.15) is 0 Å². The summed E-state index contributed by atoms with van der Waals surface area (Å²) in [5.41, 5.74) is 1.87. The fourth-order valence-corrected chi connectivity index (χ4v) is 3.01. The monoisotopic (exact) mass is 397 g/mol. The Kier molecular flexibility index (Phi) is 6.44. The van der Waals surface area contributed by atoms with Crippen molar-refractivity contribution in [2.75, 3.05) is 19.5 Å². The zero-order chi connectivity index (χ0) is 20.8. The van der Waals surface area contributed by atoms with E-state index in [0.717, 1.165) is 5.56 Å². The Morgan fingerprint density at radius 1 is 0.862 bits per heavy atom. The number of hydrogen-bond acceptors (Lipinski definition) is 4. The average molecular weight is 397 g/mol. The van der Waals surface area contributed by atoms with Gasteiger partial charge in [-0.15, -0.1) is 0 Å². The second-order valence-electron chi connectivity index (χ2n) is 6.45. The summed E-state index contributed by atoms with van der Waals surface area (Å²) in [6.07, 6.45) is 0.110. The number of carbonyl (C=O) groups is 1. The Labute approximate surface area is 168 Å². The molecule has 6 heteroatoms. The molecule has 0 spiro atoms. The number of hydrogen-bond donors (Lipinski definition) is 1. The molecule has 0 radical (unpaired) electrons.